The van der Waals surface area contributed by atoms with Crippen LogP contribution < -0.4 is 12.4 Å². The van der Waals surface area contributed by atoms with Crippen molar-refractivity contribution in [1.29, 1.82) is 0 Å². The van der Waals surface area contributed by atoms with Crippen LogP contribution in [0.15, 0.2) is 12.2 Å². The molecule has 0 radical (unpaired) electrons. The van der Waals surface area contributed by atoms with Gasteiger partial charge in [-0.3, -0.25) is 0 Å². The van der Waals surface area contributed by atoms with Crippen molar-refractivity contribution in [3.8, 4) is 0 Å². The summed E-state index contributed by atoms with van der Waals surface area (Å²) in [6.45, 7) is 6.86. The second kappa shape index (κ2) is 7.63. The molecule has 12 heavy (non-hydrogen) atoms. The molecule has 0 atom stereocenters. The molecule has 0 unspecified atom stereocenters. The molecule has 1 nitrogen and oxygen atoms in total. The third-order valence-corrected chi connectivity index (χ3v) is 1.83. The van der Waals surface area contributed by atoms with E-state index >= 15 is 0 Å². The molecule has 74 valence electrons. The summed E-state index contributed by atoms with van der Waals surface area (Å²) in [5.41, 5.74) is 0. The van der Waals surface area contributed by atoms with Gasteiger partial charge < -0.3 is 16.9 Å². The standard InChI is InChI=1S/C10H22N.ClH/c1-5-7-8-10-11(3,4)9-6-2;/h7-8H,5-6,9-10H2,1-4H3;1H/q+1;/p-1. The molecule has 0 rings (SSSR count). The Bertz CT molecular complexity index is 119. The lowest BCUT2D eigenvalue weighted by molar-refractivity contribution is -0.884. The summed E-state index contributed by atoms with van der Waals surface area (Å²) < 4.78 is 1.12. The fourth-order valence-corrected chi connectivity index (χ4v) is 1.22. The highest BCUT2D eigenvalue weighted by Crippen LogP contribution is 1.99. The Labute approximate surface area is 83.5 Å². The van der Waals surface area contributed by atoms with Crippen LogP contribution in [0.1, 0.15) is 26.7 Å². The van der Waals surface area contributed by atoms with Gasteiger partial charge in [0.1, 0.15) is 0 Å². The van der Waals surface area contributed by atoms with Crippen molar-refractivity contribution in [2.24, 2.45) is 0 Å². The van der Waals surface area contributed by atoms with Crippen LogP contribution >= 0.6 is 0 Å². The van der Waals surface area contributed by atoms with Crippen molar-refractivity contribution < 1.29 is 16.9 Å². The molecular weight excluding hydrogens is 170 g/mol. The number of halogens is 1. The Morgan fingerprint density at radius 1 is 1.08 bits per heavy atom. The Hall–Kier alpha value is -0.0100. The second-order valence-corrected chi connectivity index (χ2v) is 3.72. The van der Waals surface area contributed by atoms with Crippen LogP contribution in [0.5, 0.6) is 0 Å². The van der Waals surface area contributed by atoms with Crippen LogP contribution in [0.3, 0.4) is 0 Å². The highest BCUT2D eigenvalue weighted by atomic mass is 35.5. The molecule has 0 aliphatic heterocycles. The molecule has 0 saturated heterocycles. The maximum atomic E-state index is 2.29. The van der Waals surface area contributed by atoms with Crippen molar-refractivity contribution in [1.82, 2.24) is 0 Å². The normalized spacial score (nSPS) is 11.7. The molecule has 0 aromatic rings. The number of rotatable bonds is 5. The molecule has 2 heteroatoms. The maximum absolute atomic E-state index is 2.29. The molecule has 0 aliphatic carbocycles. The van der Waals surface area contributed by atoms with Crippen molar-refractivity contribution in [3.05, 3.63) is 12.2 Å². The van der Waals surface area contributed by atoms with E-state index in [1.54, 1.807) is 0 Å². The minimum atomic E-state index is 0. The Kier molecular flexibility index (Phi) is 9.23. The lowest BCUT2D eigenvalue weighted by atomic mass is 10.3. The zero-order valence-electron chi connectivity index (χ0n) is 8.81. The number of likely N-dealkylation sites (N-methyl/N-ethyl adjacent to an activating group) is 1. The molecule has 0 aromatic carbocycles. The van der Waals surface area contributed by atoms with E-state index in [1.807, 2.05) is 0 Å². The van der Waals surface area contributed by atoms with E-state index in [1.165, 1.54) is 19.5 Å². The van der Waals surface area contributed by atoms with Gasteiger partial charge in [-0.05, 0) is 18.9 Å². The van der Waals surface area contributed by atoms with E-state index in [2.05, 4.69) is 40.1 Å². The molecular formula is C10H22ClN. The minimum Gasteiger partial charge on any atom is -1.00 e. The van der Waals surface area contributed by atoms with Gasteiger partial charge in [-0.25, -0.2) is 0 Å². The summed E-state index contributed by atoms with van der Waals surface area (Å²) in [7, 11) is 4.56. The molecule has 0 aliphatic rings. The van der Waals surface area contributed by atoms with Crippen LogP contribution in [0.4, 0.5) is 0 Å². The van der Waals surface area contributed by atoms with Gasteiger partial charge in [0.05, 0.1) is 27.2 Å². The fraction of sp³-hybridized carbons (Fsp3) is 0.800. The second-order valence-electron chi connectivity index (χ2n) is 3.72. The van der Waals surface area contributed by atoms with E-state index in [0.717, 1.165) is 10.9 Å². The minimum absolute atomic E-state index is 0. The first-order valence-corrected chi connectivity index (χ1v) is 4.59. The predicted octanol–water partition coefficient (Wildman–Crippen LogP) is -0.557. The van der Waals surface area contributed by atoms with Gasteiger partial charge in [0, 0.05) is 0 Å². The highest BCUT2D eigenvalue weighted by Gasteiger charge is 2.09. The third kappa shape index (κ3) is 8.09. The first kappa shape index (κ1) is 14.5. The predicted molar refractivity (Wildman–Crippen MR) is 51.6 cm³/mol. The number of allylic oxidation sites excluding steroid dienone is 1. The molecule has 0 heterocycles. The Morgan fingerprint density at radius 3 is 2.08 bits per heavy atom. The van der Waals surface area contributed by atoms with E-state index < -0.39 is 0 Å². The summed E-state index contributed by atoms with van der Waals surface area (Å²) >= 11 is 0. The lowest BCUT2D eigenvalue weighted by Gasteiger charge is -2.27. The van der Waals surface area contributed by atoms with Crippen LogP contribution in [-0.4, -0.2) is 31.7 Å². The average molecular weight is 192 g/mol. The largest absolute Gasteiger partial charge is 1.00 e. The van der Waals surface area contributed by atoms with Crippen molar-refractivity contribution in [2.75, 3.05) is 27.2 Å². The van der Waals surface area contributed by atoms with Gasteiger partial charge in [0.2, 0.25) is 0 Å². The quantitative estimate of drug-likeness (QED) is 0.404. The van der Waals surface area contributed by atoms with Crippen LogP contribution in [0.25, 0.3) is 0 Å². The van der Waals surface area contributed by atoms with Gasteiger partial charge in [-0.2, -0.15) is 0 Å². The maximum Gasteiger partial charge on any atom is 0.0969 e. The number of hydrogen-bond donors (Lipinski definition) is 0. The zero-order chi connectivity index (χ0) is 8.74. The molecule has 0 saturated carbocycles. The van der Waals surface area contributed by atoms with Gasteiger partial charge in [-0.15, -0.1) is 0 Å². The van der Waals surface area contributed by atoms with E-state index in [0.29, 0.717) is 0 Å². The average Bonchev–Trinajstić information content (AvgIpc) is 1.87. The molecule has 0 spiro atoms. The topological polar surface area (TPSA) is 0 Å². The summed E-state index contributed by atoms with van der Waals surface area (Å²) in [6.07, 6.45) is 6.96. The molecule has 0 bridgehead atoms. The van der Waals surface area contributed by atoms with E-state index in [9.17, 15) is 0 Å². The summed E-state index contributed by atoms with van der Waals surface area (Å²) in [4.78, 5) is 0. The third-order valence-electron chi connectivity index (χ3n) is 1.83. The molecule has 0 amide bonds. The Morgan fingerprint density at radius 2 is 1.67 bits per heavy atom. The Balaban J connectivity index is 0. The SMILES string of the molecule is CCC=CC[N+](C)(C)CCC.[Cl-]. The number of quaternary nitrogens is 1. The number of nitrogens with zero attached hydrogens (tertiary/aromatic N) is 1. The van der Waals surface area contributed by atoms with Gasteiger partial charge >= 0.3 is 0 Å². The molecule has 0 N–H and O–H groups in total. The molecule has 0 aromatic heterocycles. The smallest absolute Gasteiger partial charge is 0.0969 e. The van der Waals surface area contributed by atoms with Crippen LogP contribution in [-0.2, 0) is 0 Å². The molecule has 0 fully saturated rings. The highest BCUT2D eigenvalue weighted by molar-refractivity contribution is 4.79. The summed E-state index contributed by atoms with van der Waals surface area (Å²) in [5, 5.41) is 0. The summed E-state index contributed by atoms with van der Waals surface area (Å²) in [6, 6.07) is 0. The monoisotopic (exact) mass is 191 g/mol. The lowest BCUT2D eigenvalue weighted by Crippen LogP contribution is -3.00. The van der Waals surface area contributed by atoms with Crippen LogP contribution in [0.2, 0.25) is 0 Å². The van der Waals surface area contributed by atoms with E-state index in [-0.39, 0.29) is 12.4 Å². The van der Waals surface area contributed by atoms with Gasteiger partial charge in [0.25, 0.3) is 0 Å². The summed E-state index contributed by atoms with van der Waals surface area (Å²) in [5.74, 6) is 0. The number of hydrogen-bond acceptors (Lipinski definition) is 0. The van der Waals surface area contributed by atoms with E-state index in [4.69, 9.17) is 0 Å². The van der Waals surface area contributed by atoms with Crippen molar-refractivity contribution in [2.45, 2.75) is 26.7 Å². The first-order chi connectivity index (χ1) is 5.12. The van der Waals surface area contributed by atoms with Crippen LogP contribution in [0, 0.1) is 0 Å². The first-order valence-electron chi connectivity index (χ1n) is 4.59. The van der Waals surface area contributed by atoms with Crippen molar-refractivity contribution >= 4 is 0 Å². The fourth-order valence-electron chi connectivity index (χ4n) is 1.22. The van der Waals surface area contributed by atoms with Crippen molar-refractivity contribution in [3.63, 3.8) is 0 Å². The zero-order valence-corrected chi connectivity index (χ0v) is 9.56. The van der Waals surface area contributed by atoms with Gasteiger partial charge in [-0.1, -0.05) is 19.9 Å². The van der Waals surface area contributed by atoms with Gasteiger partial charge in [0.15, 0.2) is 0 Å².